The molecule has 53 heavy (non-hydrogen) atoms. The minimum Gasteiger partial charge on any atom is -0.493 e. The Morgan fingerprint density at radius 1 is 0.887 bits per heavy atom. The number of aromatic nitrogens is 1. The number of nitro groups is 1. The first-order valence-corrected chi connectivity index (χ1v) is 17.8. The molecule has 1 aliphatic heterocycles. The van der Waals surface area contributed by atoms with Crippen LogP contribution in [0.3, 0.4) is 0 Å². The summed E-state index contributed by atoms with van der Waals surface area (Å²) in [5, 5.41) is 11.6. The number of hydrogen-bond donors (Lipinski definition) is 0. The van der Waals surface area contributed by atoms with Crippen molar-refractivity contribution >= 4 is 29.3 Å². The van der Waals surface area contributed by atoms with Crippen LogP contribution in [0.5, 0.6) is 23.1 Å². The molecule has 0 radical (unpaired) electrons. The van der Waals surface area contributed by atoms with Gasteiger partial charge in [0.05, 0.1) is 28.3 Å². The molecule has 1 aliphatic rings. The van der Waals surface area contributed by atoms with Crippen LogP contribution in [0, 0.1) is 24.0 Å². The molecule has 0 atom stereocenters. The molecule has 0 bridgehead atoms. The summed E-state index contributed by atoms with van der Waals surface area (Å²) in [5.41, 5.74) is 5.73. The first-order valence-electron chi connectivity index (χ1n) is 17.5. The number of rotatable bonds is 14. The molecule has 5 aromatic rings. The molecule has 272 valence electrons. The second kappa shape index (κ2) is 17.7. The van der Waals surface area contributed by atoms with E-state index in [-0.39, 0.29) is 18.2 Å². The maximum Gasteiger partial charge on any atom is 0.276 e. The van der Waals surface area contributed by atoms with Gasteiger partial charge in [-0.15, -0.1) is 0 Å². The van der Waals surface area contributed by atoms with Gasteiger partial charge >= 0.3 is 0 Å². The van der Waals surface area contributed by atoms with Gasteiger partial charge in [-0.2, -0.15) is 0 Å². The molecule has 1 amide bonds. The lowest BCUT2D eigenvalue weighted by Gasteiger charge is -2.34. The lowest BCUT2D eigenvalue weighted by molar-refractivity contribution is -0.385. The van der Waals surface area contributed by atoms with Gasteiger partial charge in [0.1, 0.15) is 18.1 Å². The lowest BCUT2D eigenvalue weighted by Crippen LogP contribution is -2.47. The first-order chi connectivity index (χ1) is 25.7. The third-order valence-corrected chi connectivity index (χ3v) is 9.24. The zero-order valence-electron chi connectivity index (χ0n) is 29.7. The summed E-state index contributed by atoms with van der Waals surface area (Å²) in [6.07, 6.45) is 5.70. The number of benzene rings is 4. The molecule has 10 nitrogen and oxygen atoms in total. The van der Waals surface area contributed by atoms with Gasteiger partial charge in [-0.3, -0.25) is 19.8 Å². The smallest absolute Gasteiger partial charge is 0.276 e. The van der Waals surface area contributed by atoms with Crippen molar-refractivity contribution in [2.45, 2.75) is 33.4 Å². The zero-order chi connectivity index (χ0) is 37.2. The van der Waals surface area contributed by atoms with E-state index in [9.17, 15) is 14.9 Å². The number of carbonyl (C=O) groups excluding carboxylic acids is 1. The maximum atomic E-state index is 13.0. The van der Waals surface area contributed by atoms with Crippen LogP contribution in [0.1, 0.15) is 33.4 Å². The summed E-state index contributed by atoms with van der Waals surface area (Å²) in [6.45, 7) is 8.38. The number of nitro benzene ring substituents is 1. The average molecular weight is 733 g/mol. The van der Waals surface area contributed by atoms with Crippen molar-refractivity contribution < 1.29 is 23.9 Å². The summed E-state index contributed by atoms with van der Waals surface area (Å²) in [5.74, 6) is 2.05. The zero-order valence-corrected chi connectivity index (χ0v) is 30.5. The summed E-state index contributed by atoms with van der Waals surface area (Å²) >= 11 is 6.61. The Hall–Kier alpha value is -5.71. The maximum absolute atomic E-state index is 13.0. The fourth-order valence-corrected chi connectivity index (χ4v) is 6.28. The Morgan fingerprint density at radius 3 is 2.30 bits per heavy atom. The summed E-state index contributed by atoms with van der Waals surface area (Å²) < 4.78 is 17.6. The Morgan fingerprint density at radius 2 is 1.60 bits per heavy atom. The topological polar surface area (TPSA) is 107 Å². The van der Waals surface area contributed by atoms with Crippen molar-refractivity contribution in [3.8, 4) is 23.1 Å². The highest BCUT2D eigenvalue weighted by atomic mass is 35.5. The van der Waals surface area contributed by atoms with Gasteiger partial charge in [0.15, 0.2) is 5.75 Å². The number of ether oxygens (including phenoxy) is 3. The van der Waals surface area contributed by atoms with E-state index in [0.29, 0.717) is 47.7 Å². The van der Waals surface area contributed by atoms with Crippen molar-refractivity contribution in [1.82, 2.24) is 14.8 Å². The Balaban J connectivity index is 0.939. The molecule has 0 unspecified atom stereocenters. The van der Waals surface area contributed by atoms with E-state index >= 15 is 0 Å². The van der Waals surface area contributed by atoms with E-state index in [0.717, 1.165) is 42.9 Å². The molecular weight excluding hydrogens is 692 g/mol. The van der Waals surface area contributed by atoms with Gasteiger partial charge in [-0.05, 0) is 78.6 Å². The Kier molecular flexibility index (Phi) is 12.4. The molecule has 1 saturated heterocycles. The highest BCUT2D eigenvalue weighted by Crippen LogP contribution is 2.34. The number of carbonyl (C=O) groups is 1. The van der Waals surface area contributed by atoms with E-state index in [1.807, 2.05) is 30.0 Å². The van der Waals surface area contributed by atoms with Crippen molar-refractivity contribution in [3.63, 3.8) is 0 Å². The van der Waals surface area contributed by atoms with Crippen LogP contribution < -0.4 is 14.2 Å². The second-order valence-corrected chi connectivity index (χ2v) is 13.3. The van der Waals surface area contributed by atoms with Crippen molar-refractivity contribution in [2.24, 2.45) is 0 Å². The molecule has 0 aliphatic carbocycles. The monoisotopic (exact) mass is 732 g/mol. The van der Waals surface area contributed by atoms with E-state index in [2.05, 4.69) is 53.2 Å². The summed E-state index contributed by atoms with van der Waals surface area (Å²) in [4.78, 5) is 32.4. The van der Waals surface area contributed by atoms with Gasteiger partial charge < -0.3 is 19.1 Å². The van der Waals surface area contributed by atoms with E-state index in [1.165, 1.54) is 29.0 Å². The minimum atomic E-state index is -0.436. The van der Waals surface area contributed by atoms with Gasteiger partial charge in [-0.25, -0.2) is 4.98 Å². The molecule has 1 fully saturated rings. The Labute approximate surface area is 314 Å². The number of para-hydroxylation sites is 1. The third kappa shape index (κ3) is 10.4. The first kappa shape index (κ1) is 37.1. The van der Waals surface area contributed by atoms with E-state index in [1.54, 1.807) is 48.6 Å². The number of aryl methyl sites for hydroxylation is 2. The number of piperazine rings is 1. The number of halogens is 1. The fourth-order valence-electron chi connectivity index (χ4n) is 5.96. The third-order valence-electron chi connectivity index (χ3n) is 8.96. The van der Waals surface area contributed by atoms with Crippen molar-refractivity contribution in [2.75, 3.05) is 32.8 Å². The summed E-state index contributed by atoms with van der Waals surface area (Å²) in [6, 6.07) is 30.2. The van der Waals surface area contributed by atoms with Crippen molar-refractivity contribution in [1.29, 1.82) is 0 Å². The molecule has 0 N–H and O–H groups in total. The van der Waals surface area contributed by atoms with E-state index in [4.69, 9.17) is 25.8 Å². The highest BCUT2D eigenvalue weighted by Gasteiger charge is 2.20. The van der Waals surface area contributed by atoms with Crippen molar-refractivity contribution in [3.05, 3.63) is 158 Å². The van der Waals surface area contributed by atoms with Crippen LogP contribution in [0.15, 0.2) is 109 Å². The van der Waals surface area contributed by atoms with Gasteiger partial charge in [-0.1, -0.05) is 65.7 Å². The minimum absolute atomic E-state index is 0.00256. The molecule has 0 spiro atoms. The molecular formula is C42H41ClN4O6. The highest BCUT2D eigenvalue weighted by molar-refractivity contribution is 6.32. The van der Waals surface area contributed by atoms with Crippen LogP contribution in [-0.4, -0.2) is 58.4 Å². The largest absolute Gasteiger partial charge is 0.493 e. The normalized spacial score (nSPS) is 13.2. The molecule has 6 rings (SSSR count). The van der Waals surface area contributed by atoms with Crippen LogP contribution in [0.4, 0.5) is 5.69 Å². The van der Waals surface area contributed by atoms with Gasteiger partial charge in [0.25, 0.3) is 5.69 Å². The number of nitrogens with zero attached hydrogens (tertiary/aromatic N) is 4. The molecule has 2 heterocycles. The lowest BCUT2D eigenvalue weighted by atomic mass is 10.1. The molecule has 1 aromatic heterocycles. The predicted octanol–water partition coefficient (Wildman–Crippen LogP) is 8.61. The fraction of sp³-hybridized carbons (Fsp3) is 0.238. The Bertz CT molecular complexity index is 2020. The molecule has 4 aromatic carbocycles. The van der Waals surface area contributed by atoms with Gasteiger partial charge in [0, 0.05) is 57.4 Å². The van der Waals surface area contributed by atoms with E-state index < -0.39 is 4.92 Å². The SMILES string of the molecule is Cc1ccc(OCCc2ccc(CN3CCN(C(=O)/C=C/c4cc(C)c(Oc5ccc(OCc6ccccc6[N+](=O)[O-])cn5)c(Cl)c4)CC3)cc2)cc1. The average Bonchev–Trinajstić information content (AvgIpc) is 3.17. The quantitative estimate of drug-likeness (QED) is 0.0635. The van der Waals surface area contributed by atoms with Crippen LogP contribution in [-0.2, 0) is 24.4 Å². The van der Waals surface area contributed by atoms with Crippen LogP contribution in [0.2, 0.25) is 5.02 Å². The van der Waals surface area contributed by atoms with Gasteiger partial charge in [0.2, 0.25) is 11.8 Å². The molecule has 11 heteroatoms. The second-order valence-electron chi connectivity index (χ2n) is 12.9. The molecule has 0 saturated carbocycles. The predicted molar refractivity (Wildman–Crippen MR) is 206 cm³/mol. The number of pyridine rings is 1. The number of amides is 1. The number of hydrogen-bond acceptors (Lipinski definition) is 8. The van der Waals surface area contributed by atoms with Crippen LogP contribution in [0.25, 0.3) is 6.08 Å². The van der Waals surface area contributed by atoms with Crippen LogP contribution >= 0.6 is 11.6 Å². The standard InChI is InChI=1S/C42H41ClN4O6/c1-30-7-14-36(15-8-30)51-24-19-32-9-11-33(12-10-32)28-45-20-22-46(23-21-45)41(48)18-13-34-25-31(2)42(38(43)26-34)53-40-17-16-37(27-44-40)52-29-35-5-3-4-6-39(35)47(49)50/h3-18,25-27H,19-24,28-29H2,1-2H3/b18-13+. The summed E-state index contributed by atoms with van der Waals surface area (Å²) in [7, 11) is 0.